The molecule has 2 atom stereocenters. The number of alkyl halides is 3. The number of halogens is 3. The van der Waals surface area contributed by atoms with Crippen LogP contribution in [0.4, 0.5) is 13.2 Å². The normalized spacial score (nSPS) is 20.2. The Hall–Kier alpha value is -3.20. The van der Waals surface area contributed by atoms with E-state index in [0.717, 1.165) is 23.4 Å². The molecule has 1 N–H and O–H groups in total. The summed E-state index contributed by atoms with van der Waals surface area (Å²) in [5, 5.41) is 11.1. The topological polar surface area (TPSA) is 69.0 Å². The van der Waals surface area contributed by atoms with E-state index >= 15 is 0 Å². The van der Waals surface area contributed by atoms with Crippen LogP contribution in [0.25, 0.3) is 0 Å². The Morgan fingerprint density at radius 3 is 2.56 bits per heavy atom. The third kappa shape index (κ3) is 5.34. The van der Waals surface area contributed by atoms with Gasteiger partial charge in [0.2, 0.25) is 5.91 Å². The molecule has 2 heterocycles. The number of carbonyl (C=O) groups excluding carboxylic acids is 1. The summed E-state index contributed by atoms with van der Waals surface area (Å²) in [6.07, 6.45) is -1.98. The number of hydrogen-bond donors (Lipinski definition) is 1. The van der Waals surface area contributed by atoms with Crippen LogP contribution in [0.5, 0.6) is 0 Å². The van der Waals surface area contributed by atoms with Gasteiger partial charge in [-0.2, -0.15) is 13.2 Å². The number of hydrogen-bond acceptors (Lipinski definition) is 4. The fourth-order valence-corrected chi connectivity index (χ4v) is 3.77. The van der Waals surface area contributed by atoms with Gasteiger partial charge in [-0.3, -0.25) is 4.79 Å². The SMILES string of the molecule is O=C1N[C@H](c2ccccc2)COCc2cnnn2CC[C@@H]1Cc1ccc(C(F)(F)F)cc1. The maximum atomic E-state index is 13.2. The number of aromatic nitrogens is 3. The molecule has 0 fully saturated rings. The second-order valence-corrected chi connectivity index (χ2v) is 7.82. The van der Waals surface area contributed by atoms with Crippen molar-refractivity contribution in [1.82, 2.24) is 20.3 Å². The Morgan fingerprint density at radius 2 is 1.84 bits per heavy atom. The molecule has 1 aliphatic heterocycles. The fourth-order valence-electron chi connectivity index (χ4n) is 3.77. The summed E-state index contributed by atoms with van der Waals surface area (Å²) in [7, 11) is 0. The highest BCUT2D eigenvalue weighted by Crippen LogP contribution is 2.29. The molecule has 168 valence electrons. The smallest absolute Gasteiger partial charge is 0.373 e. The van der Waals surface area contributed by atoms with Gasteiger partial charge in [-0.1, -0.05) is 47.7 Å². The first-order valence-corrected chi connectivity index (χ1v) is 10.4. The molecule has 0 bridgehead atoms. The first kappa shape index (κ1) is 22.0. The molecule has 6 nitrogen and oxygen atoms in total. The molecule has 4 rings (SSSR count). The summed E-state index contributed by atoms with van der Waals surface area (Å²) in [5.74, 6) is -0.626. The fraction of sp³-hybridized carbons (Fsp3) is 0.348. The van der Waals surface area contributed by atoms with E-state index in [4.69, 9.17) is 4.74 Å². The summed E-state index contributed by atoms with van der Waals surface area (Å²) >= 11 is 0. The molecule has 1 amide bonds. The summed E-state index contributed by atoms with van der Waals surface area (Å²) in [6.45, 7) is 1.04. The molecule has 3 aromatic rings. The molecule has 1 aromatic heterocycles. The first-order valence-electron chi connectivity index (χ1n) is 10.4. The molecule has 0 unspecified atom stereocenters. The molecule has 0 aliphatic carbocycles. The van der Waals surface area contributed by atoms with Gasteiger partial charge in [-0.15, -0.1) is 5.10 Å². The van der Waals surface area contributed by atoms with Crippen LogP contribution in [0.2, 0.25) is 0 Å². The highest BCUT2D eigenvalue weighted by atomic mass is 19.4. The standard InChI is InChI=1S/C23H23F3N4O2/c24-23(25,26)19-8-6-16(7-9-19)12-18-10-11-30-20(13-27-29-30)14-32-15-21(28-22(18)31)17-4-2-1-3-5-17/h1-9,13,18,21H,10-12,14-15H2,(H,28,31)/t18-,21+/m1/s1. The molecule has 0 radical (unpaired) electrons. The number of nitrogens with one attached hydrogen (secondary N) is 1. The second kappa shape index (κ2) is 9.52. The summed E-state index contributed by atoms with van der Waals surface area (Å²) in [6, 6.07) is 14.1. The third-order valence-electron chi connectivity index (χ3n) is 5.57. The van der Waals surface area contributed by atoms with E-state index < -0.39 is 17.7 Å². The molecular formula is C23H23F3N4O2. The lowest BCUT2D eigenvalue weighted by molar-refractivity contribution is -0.137. The number of aryl methyl sites for hydroxylation is 1. The molecule has 32 heavy (non-hydrogen) atoms. The van der Waals surface area contributed by atoms with Crippen LogP contribution in [0, 0.1) is 5.92 Å². The first-order chi connectivity index (χ1) is 15.4. The van der Waals surface area contributed by atoms with Crippen LogP contribution < -0.4 is 5.32 Å². The predicted molar refractivity (Wildman–Crippen MR) is 110 cm³/mol. The van der Waals surface area contributed by atoms with E-state index in [9.17, 15) is 18.0 Å². The van der Waals surface area contributed by atoms with Gasteiger partial charge in [0.25, 0.3) is 0 Å². The quantitative estimate of drug-likeness (QED) is 0.665. The van der Waals surface area contributed by atoms with Crippen molar-refractivity contribution in [2.75, 3.05) is 6.61 Å². The van der Waals surface area contributed by atoms with Gasteiger partial charge < -0.3 is 10.1 Å². The molecule has 1 aliphatic rings. The van der Waals surface area contributed by atoms with Crippen LogP contribution in [-0.4, -0.2) is 27.5 Å². The van der Waals surface area contributed by atoms with Crippen molar-refractivity contribution in [3.63, 3.8) is 0 Å². The highest BCUT2D eigenvalue weighted by Gasteiger charge is 2.30. The highest BCUT2D eigenvalue weighted by molar-refractivity contribution is 5.79. The summed E-state index contributed by atoms with van der Waals surface area (Å²) in [4.78, 5) is 13.2. The number of rotatable bonds is 3. The lowest BCUT2D eigenvalue weighted by Crippen LogP contribution is -2.37. The number of ether oxygens (including phenoxy) is 1. The molecule has 0 spiro atoms. The Labute approximate surface area is 183 Å². The van der Waals surface area contributed by atoms with Crippen molar-refractivity contribution >= 4 is 5.91 Å². The Balaban J connectivity index is 1.57. The third-order valence-corrected chi connectivity index (χ3v) is 5.57. The van der Waals surface area contributed by atoms with E-state index in [1.165, 1.54) is 12.1 Å². The van der Waals surface area contributed by atoms with Crippen LogP contribution in [0.1, 0.15) is 34.8 Å². The predicted octanol–water partition coefficient (Wildman–Crippen LogP) is 3.93. The second-order valence-electron chi connectivity index (χ2n) is 7.82. The summed E-state index contributed by atoms with van der Waals surface area (Å²) < 4.78 is 46.2. The molecule has 0 saturated carbocycles. The molecule has 0 saturated heterocycles. The van der Waals surface area contributed by atoms with Crippen LogP contribution in [-0.2, 0) is 35.3 Å². The maximum absolute atomic E-state index is 13.2. The zero-order valence-corrected chi connectivity index (χ0v) is 17.3. The van der Waals surface area contributed by atoms with Crippen molar-refractivity contribution in [3.05, 3.63) is 83.2 Å². The van der Waals surface area contributed by atoms with Gasteiger partial charge in [0, 0.05) is 12.5 Å². The number of nitrogens with zero attached hydrogens (tertiary/aromatic N) is 3. The number of fused-ring (bicyclic) bond motifs is 1. The minimum Gasteiger partial charge on any atom is -0.373 e. The lowest BCUT2D eigenvalue weighted by atomic mass is 9.94. The molecule has 2 aromatic carbocycles. The van der Waals surface area contributed by atoms with Crippen molar-refractivity contribution in [2.45, 2.75) is 38.2 Å². The average Bonchev–Trinajstić information content (AvgIpc) is 3.22. The van der Waals surface area contributed by atoms with Gasteiger partial charge >= 0.3 is 6.18 Å². The zero-order valence-electron chi connectivity index (χ0n) is 17.3. The van der Waals surface area contributed by atoms with Gasteiger partial charge in [0.05, 0.1) is 36.7 Å². The van der Waals surface area contributed by atoms with E-state index in [1.807, 2.05) is 30.3 Å². The van der Waals surface area contributed by atoms with Gasteiger partial charge in [0.1, 0.15) is 0 Å². The van der Waals surface area contributed by atoms with Crippen LogP contribution in [0.3, 0.4) is 0 Å². The maximum Gasteiger partial charge on any atom is 0.416 e. The van der Waals surface area contributed by atoms with Crippen molar-refractivity contribution in [3.8, 4) is 0 Å². The Kier molecular flexibility index (Phi) is 6.55. The van der Waals surface area contributed by atoms with E-state index in [-0.39, 0.29) is 18.6 Å². The zero-order chi connectivity index (χ0) is 22.6. The van der Waals surface area contributed by atoms with Gasteiger partial charge in [0.15, 0.2) is 0 Å². The van der Waals surface area contributed by atoms with Gasteiger partial charge in [-0.05, 0) is 36.1 Å². The minimum absolute atomic E-state index is 0.175. The number of carbonyl (C=O) groups is 1. The number of amides is 1. The minimum atomic E-state index is -4.39. The monoisotopic (exact) mass is 444 g/mol. The average molecular weight is 444 g/mol. The molecular weight excluding hydrogens is 421 g/mol. The Bertz CT molecular complexity index is 1040. The van der Waals surface area contributed by atoms with E-state index in [2.05, 4.69) is 15.6 Å². The van der Waals surface area contributed by atoms with Crippen molar-refractivity contribution < 1.29 is 22.7 Å². The summed E-state index contributed by atoms with van der Waals surface area (Å²) in [5.41, 5.74) is 1.68. The largest absolute Gasteiger partial charge is 0.416 e. The Morgan fingerprint density at radius 1 is 1.09 bits per heavy atom. The molecule has 9 heteroatoms. The van der Waals surface area contributed by atoms with E-state index in [1.54, 1.807) is 10.9 Å². The van der Waals surface area contributed by atoms with Gasteiger partial charge in [-0.25, -0.2) is 4.68 Å². The van der Waals surface area contributed by atoms with Crippen LogP contribution in [0.15, 0.2) is 60.8 Å². The van der Waals surface area contributed by atoms with Crippen molar-refractivity contribution in [1.29, 1.82) is 0 Å². The van der Waals surface area contributed by atoms with Crippen LogP contribution >= 0.6 is 0 Å². The van der Waals surface area contributed by atoms with Crippen molar-refractivity contribution in [2.24, 2.45) is 5.92 Å². The van der Waals surface area contributed by atoms with E-state index in [0.29, 0.717) is 31.6 Å². The lowest BCUT2D eigenvalue weighted by Gasteiger charge is -2.23. The number of benzene rings is 2.